The minimum absolute atomic E-state index is 0.168. The van der Waals surface area contributed by atoms with Gasteiger partial charge in [0.05, 0.1) is 24.5 Å². The van der Waals surface area contributed by atoms with Gasteiger partial charge < -0.3 is 19.5 Å². The van der Waals surface area contributed by atoms with Gasteiger partial charge in [-0.1, -0.05) is 30.3 Å². The number of ether oxygens (including phenoxy) is 3. The van der Waals surface area contributed by atoms with Gasteiger partial charge in [0.15, 0.2) is 28.8 Å². The van der Waals surface area contributed by atoms with Crippen LogP contribution in [0.15, 0.2) is 60.8 Å². The number of nitrogens with zero attached hydrogens (tertiary/aromatic N) is 2. The van der Waals surface area contributed by atoms with Gasteiger partial charge in [0, 0.05) is 6.20 Å². The third-order valence-corrected chi connectivity index (χ3v) is 6.53. The molecule has 1 aliphatic heterocycles. The van der Waals surface area contributed by atoms with Crippen LogP contribution >= 0.6 is 0 Å². The fraction of sp³-hybridized carbons (Fsp3) is 0.286. The first kappa shape index (κ1) is 25.7. The number of benzene rings is 2. The molecule has 7 nitrogen and oxygen atoms in total. The fourth-order valence-corrected chi connectivity index (χ4v) is 4.42. The van der Waals surface area contributed by atoms with Crippen LogP contribution in [0.3, 0.4) is 0 Å². The maximum atomic E-state index is 14.1. The Morgan fingerprint density at radius 1 is 1.03 bits per heavy atom. The van der Waals surface area contributed by atoms with Gasteiger partial charge in [-0.2, -0.15) is 0 Å². The predicted molar refractivity (Wildman–Crippen MR) is 132 cm³/mol. The third kappa shape index (κ3) is 4.72. The van der Waals surface area contributed by atoms with Gasteiger partial charge in [-0.15, -0.1) is 0 Å². The lowest BCUT2D eigenvalue weighted by molar-refractivity contribution is -0.272. The molecule has 0 spiro atoms. The van der Waals surface area contributed by atoms with Crippen molar-refractivity contribution >= 4 is 11.6 Å². The van der Waals surface area contributed by atoms with Gasteiger partial charge in [-0.05, 0) is 50.6 Å². The summed E-state index contributed by atoms with van der Waals surface area (Å²) < 4.78 is 60.8. The SMILES string of the molecule is Cc1nc2c(OCc3c(F)ccc(F)c3F)cccn2c1C(=O)NC1(c2ccccc2)COC(C)(C)OC1. The third-order valence-electron chi connectivity index (χ3n) is 6.53. The molecule has 0 saturated carbocycles. The number of halogens is 3. The first-order valence-corrected chi connectivity index (χ1v) is 12.0. The van der Waals surface area contributed by atoms with Crippen molar-refractivity contribution in [3.63, 3.8) is 0 Å². The highest BCUT2D eigenvalue weighted by Gasteiger charge is 2.43. The molecule has 0 radical (unpaired) electrons. The molecule has 1 amide bonds. The van der Waals surface area contributed by atoms with Crippen LogP contribution in [0.25, 0.3) is 5.65 Å². The monoisotopic (exact) mass is 525 g/mol. The normalized spacial score (nSPS) is 16.4. The standard InChI is InChI=1S/C28H26F3N3O4/c1-17-24(26(35)33-28(18-8-5-4-6-9-18)15-37-27(2,3)38-16-28)34-13-7-10-22(25(34)32-17)36-14-19-20(29)11-12-21(30)23(19)31/h4-13H,14-16H2,1-3H3,(H,33,35). The Kier molecular flexibility index (Phi) is 6.62. The predicted octanol–water partition coefficient (Wildman–Crippen LogP) is 5.05. The first-order chi connectivity index (χ1) is 18.1. The van der Waals surface area contributed by atoms with E-state index in [0.717, 1.165) is 11.6 Å². The van der Waals surface area contributed by atoms with E-state index in [1.165, 1.54) is 4.40 Å². The summed E-state index contributed by atoms with van der Waals surface area (Å²) in [6, 6.07) is 14.1. The highest BCUT2D eigenvalue weighted by molar-refractivity contribution is 5.95. The Bertz CT molecular complexity index is 1490. The zero-order valence-corrected chi connectivity index (χ0v) is 21.1. The molecular formula is C28H26F3N3O4. The summed E-state index contributed by atoms with van der Waals surface area (Å²) in [5.41, 5.74) is 0.233. The second-order valence-corrected chi connectivity index (χ2v) is 9.60. The quantitative estimate of drug-likeness (QED) is 0.357. The molecule has 1 fully saturated rings. The number of aromatic nitrogens is 2. The molecule has 2 aromatic carbocycles. The summed E-state index contributed by atoms with van der Waals surface area (Å²) in [4.78, 5) is 18.2. The zero-order chi connectivity index (χ0) is 27.1. The molecule has 10 heteroatoms. The Hall–Kier alpha value is -3.89. The lowest BCUT2D eigenvalue weighted by atomic mass is 9.90. The Morgan fingerprint density at radius 3 is 2.42 bits per heavy atom. The number of hydrogen-bond donors (Lipinski definition) is 1. The molecule has 38 heavy (non-hydrogen) atoms. The fourth-order valence-electron chi connectivity index (χ4n) is 4.42. The summed E-state index contributed by atoms with van der Waals surface area (Å²) in [6.45, 7) is 5.09. The van der Waals surface area contributed by atoms with Crippen molar-refractivity contribution < 1.29 is 32.2 Å². The van der Waals surface area contributed by atoms with Crippen molar-refractivity contribution in [3.8, 4) is 5.75 Å². The van der Waals surface area contributed by atoms with Crippen LogP contribution in [0.4, 0.5) is 13.2 Å². The molecule has 4 aromatic rings. The molecule has 0 atom stereocenters. The van der Waals surface area contributed by atoms with Crippen LogP contribution in [0.2, 0.25) is 0 Å². The second-order valence-electron chi connectivity index (χ2n) is 9.60. The Labute approximate surface area is 217 Å². The van der Waals surface area contributed by atoms with Crippen molar-refractivity contribution in [2.24, 2.45) is 0 Å². The maximum absolute atomic E-state index is 14.1. The number of pyridine rings is 1. The first-order valence-electron chi connectivity index (χ1n) is 12.0. The average Bonchev–Trinajstić information content (AvgIpc) is 3.25. The zero-order valence-electron chi connectivity index (χ0n) is 21.1. The van der Waals surface area contributed by atoms with Crippen molar-refractivity contribution in [1.29, 1.82) is 0 Å². The van der Waals surface area contributed by atoms with E-state index >= 15 is 0 Å². The number of nitrogens with one attached hydrogen (secondary N) is 1. The maximum Gasteiger partial charge on any atom is 0.271 e. The topological polar surface area (TPSA) is 74.1 Å². The molecule has 1 N–H and O–H groups in total. The molecule has 1 saturated heterocycles. The number of carbonyl (C=O) groups is 1. The van der Waals surface area contributed by atoms with Crippen LogP contribution in [0.5, 0.6) is 5.75 Å². The lowest BCUT2D eigenvalue weighted by Gasteiger charge is -2.44. The lowest BCUT2D eigenvalue weighted by Crippen LogP contribution is -2.58. The van der Waals surface area contributed by atoms with Crippen molar-refractivity contribution in [3.05, 3.63) is 101 Å². The number of aryl methyl sites for hydroxylation is 1. The Balaban J connectivity index is 1.46. The molecular weight excluding hydrogens is 499 g/mol. The largest absolute Gasteiger partial charge is 0.485 e. The van der Waals surface area contributed by atoms with E-state index in [0.29, 0.717) is 11.8 Å². The molecule has 3 heterocycles. The van der Waals surface area contributed by atoms with E-state index in [2.05, 4.69) is 10.3 Å². The van der Waals surface area contributed by atoms with E-state index in [1.54, 1.807) is 39.1 Å². The molecule has 198 valence electrons. The van der Waals surface area contributed by atoms with E-state index in [9.17, 15) is 18.0 Å². The summed E-state index contributed by atoms with van der Waals surface area (Å²) in [5, 5.41) is 3.09. The summed E-state index contributed by atoms with van der Waals surface area (Å²) in [7, 11) is 0. The van der Waals surface area contributed by atoms with Crippen LogP contribution in [-0.4, -0.2) is 34.3 Å². The van der Waals surface area contributed by atoms with Gasteiger partial charge >= 0.3 is 0 Å². The number of hydrogen-bond acceptors (Lipinski definition) is 5. The van der Waals surface area contributed by atoms with Gasteiger partial charge in [-0.25, -0.2) is 18.2 Å². The van der Waals surface area contributed by atoms with E-state index in [-0.39, 0.29) is 30.3 Å². The number of imidazole rings is 1. The van der Waals surface area contributed by atoms with Gasteiger partial charge in [-0.3, -0.25) is 9.20 Å². The average molecular weight is 526 g/mol. The number of rotatable bonds is 6. The van der Waals surface area contributed by atoms with E-state index in [4.69, 9.17) is 14.2 Å². The minimum atomic E-state index is -1.32. The smallest absolute Gasteiger partial charge is 0.271 e. The van der Waals surface area contributed by atoms with Crippen LogP contribution in [0.1, 0.15) is 41.2 Å². The van der Waals surface area contributed by atoms with Crippen molar-refractivity contribution in [1.82, 2.24) is 14.7 Å². The minimum Gasteiger partial charge on any atom is -0.485 e. The molecule has 5 rings (SSSR count). The molecule has 0 aliphatic carbocycles. The Morgan fingerprint density at radius 2 is 1.71 bits per heavy atom. The highest BCUT2D eigenvalue weighted by atomic mass is 19.2. The molecule has 0 unspecified atom stereocenters. The van der Waals surface area contributed by atoms with Crippen molar-refractivity contribution in [2.75, 3.05) is 13.2 Å². The van der Waals surface area contributed by atoms with Crippen LogP contribution in [-0.2, 0) is 21.6 Å². The summed E-state index contributed by atoms with van der Waals surface area (Å²) >= 11 is 0. The number of fused-ring (bicyclic) bond motifs is 1. The second kappa shape index (κ2) is 9.77. The summed E-state index contributed by atoms with van der Waals surface area (Å²) in [5.74, 6) is -4.48. The van der Waals surface area contributed by atoms with Gasteiger partial charge in [0.25, 0.3) is 5.91 Å². The van der Waals surface area contributed by atoms with Crippen LogP contribution < -0.4 is 10.1 Å². The van der Waals surface area contributed by atoms with E-state index in [1.807, 2.05) is 30.3 Å². The molecule has 2 aromatic heterocycles. The molecule has 1 aliphatic rings. The van der Waals surface area contributed by atoms with Crippen molar-refractivity contribution in [2.45, 2.75) is 38.7 Å². The highest BCUT2D eigenvalue weighted by Crippen LogP contribution is 2.32. The van der Waals surface area contributed by atoms with Gasteiger partial charge in [0.2, 0.25) is 0 Å². The number of carbonyl (C=O) groups excluding carboxylic acids is 1. The van der Waals surface area contributed by atoms with E-state index < -0.39 is 46.9 Å². The summed E-state index contributed by atoms with van der Waals surface area (Å²) in [6.07, 6.45) is 1.63. The van der Waals surface area contributed by atoms with Gasteiger partial charge in [0.1, 0.15) is 23.7 Å². The number of amides is 1. The van der Waals surface area contributed by atoms with Crippen LogP contribution in [0, 0.1) is 24.4 Å². The molecule has 0 bridgehead atoms.